The highest BCUT2D eigenvalue weighted by molar-refractivity contribution is 5.22. The summed E-state index contributed by atoms with van der Waals surface area (Å²) in [5, 5.41) is 0. The number of benzene rings is 1. The van der Waals surface area contributed by atoms with Gasteiger partial charge in [-0.05, 0) is 24.0 Å². The summed E-state index contributed by atoms with van der Waals surface area (Å²) in [7, 11) is 0. The fraction of sp³-hybridized carbons (Fsp3) is 0.565. The SMILES string of the molecule is O=c1cc(CF)n2c(n1)OC(C(Oc1ccccc1)C1C3CCCC1CCC3)C2. The number of fused-ring (bicyclic) bond motifs is 3. The minimum atomic E-state index is -0.709. The van der Waals surface area contributed by atoms with E-state index < -0.39 is 12.2 Å². The standard InChI is InChI=1S/C23H27FN2O3/c24-13-17-12-20(27)25-23-26(17)14-19(29-23)22(28-18-10-2-1-3-11-18)21-15-6-4-7-16(21)9-5-8-15/h1-3,10-12,15-16,19,21-22H,4-9,13-14H2. The van der Waals surface area contributed by atoms with Gasteiger partial charge in [0.05, 0.1) is 12.2 Å². The van der Waals surface area contributed by atoms with Crippen LogP contribution in [-0.2, 0) is 13.2 Å². The Morgan fingerprint density at radius 1 is 1.14 bits per heavy atom. The lowest BCUT2D eigenvalue weighted by Gasteiger charge is -2.47. The van der Waals surface area contributed by atoms with Crippen molar-refractivity contribution in [2.24, 2.45) is 17.8 Å². The van der Waals surface area contributed by atoms with Crippen molar-refractivity contribution >= 4 is 0 Å². The minimum absolute atomic E-state index is 0.141. The van der Waals surface area contributed by atoms with Crippen LogP contribution < -0.4 is 15.0 Å². The molecule has 6 heteroatoms. The van der Waals surface area contributed by atoms with E-state index in [4.69, 9.17) is 9.47 Å². The van der Waals surface area contributed by atoms with Crippen LogP contribution in [0.2, 0.25) is 0 Å². The molecule has 154 valence electrons. The van der Waals surface area contributed by atoms with Crippen LogP contribution in [0, 0.1) is 17.8 Å². The number of halogens is 1. The van der Waals surface area contributed by atoms with E-state index in [1.165, 1.54) is 44.6 Å². The Balaban J connectivity index is 1.48. The molecule has 0 saturated heterocycles. The lowest BCUT2D eigenvalue weighted by atomic mass is 9.62. The number of rotatable bonds is 5. The molecule has 0 amide bonds. The van der Waals surface area contributed by atoms with Crippen molar-refractivity contribution in [3.63, 3.8) is 0 Å². The fourth-order valence-corrected chi connectivity index (χ4v) is 5.77. The van der Waals surface area contributed by atoms with Gasteiger partial charge in [-0.15, -0.1) is 0 Å². The van der Waals surface area contributed by atoms with Gasteiger partial charge in [0.15, 0.2) is 6.10 Å². The average molecular weight is 398 g/mol. The number of hydrogen-bond donors (Lipinski definition) is 0. The first-order valence-electron chi connectivity index (χ1n) is 10.8. The fourth-order valence-electron chi connectivity index (χ4n) is 5.77. The number of hydrogen-bond acceptors (Lipinski definition) is 4. The predicted octanol–water partition coefficient (Wildman–Crippen LogP) is 4.14. The van der Waals surface area contributed by atoms with E-state index in [2.05, 4.69) is 4.98 Å². The topological polar surface area (TPSA) is 53.4 Å². The summed E-state index contributed by atoms with van der Waals surface area (Å²) in [5.41, 5.74) is -0.135. The third-order valence-electron chi connectivity index (χ3n) is 6.98. The maximum Gasteiger partial charge on any atom is 0.300 e. The van der Waals surface area contributed by atoms with Crippen molar-refractivity contribution in [2.75, 3.05) is 0 Å². The average Bonchev–Trinajstić information content (AvgIpc) is 3.15. The molecule has 3 aliphatic rings. The van der Waals surface area contributed by atoms with Crippen molar-refractivity contribution in [3.8, 4) is 11.8 Å². The zero-order valence-corrected chi connectivity index (χ0v) is 16.5. The third-order valence-corrected chi connectivity index (χ3v) is 6.98. The van der Waals surface area contributed by atoms with E-state index in [0.29, 0.717) is 30.0 Å². The number of para-hydroxylation sites is 1. The molecule has 5 nitrogen and oxygen atoms in total. The summed E-state index contributed by atoms with van der Waals surface area (Å²) in [4.78, 5) is 15.8. The Labute approximate surface area is 169 Å². The van der Waals surface area contributed by atoms with Crippen molar-refractivity contribution in [2.45, 2.75) is 64.0 Å². The monoisotopic (exact) mass is 398 g/mol. The summed E-state index contributed by atoms with van der Waals surface area (Å²) in [6.45, 7) is -0.241. The quantitative estimate of drug-likeness (QED) is 0.760. The van der Waals surface area contributed by atoms with Gasteiger partial charge in [0.25, 0.3) is 5.56 Å². The largest absolute Gasteiger partial charge is 0.486 e. The van der Waals surface area contributed by atoms with Gasteiger partial charge in [-0.1, -0.05) is 56.7 Å². The molecule has 2 heterocycles. The molecule has 2 unspecified atom stereocenters. The molecule has 2 atom stereocenters. The molecule has 2 aromatic rings. The van der Waals surface area contributed by atoms with Gasteiger partial charge in [0.2, 0.25) is 0 Å². The summed E-state index contributed by atoms with van der Waals surface area (Å²) in [6.07, 6.45) is 7.11. The first-order valence-corrected chi connectivity index (χ1v) is 10.8. The molecule has 1 aliphatic heterocycles. The number of nitrogens with zero attached hydrogens (tertiary/aromatic N) is 2. The third kappa shape index (κ3) is 3.53. The summed E-state index contributed by atoms with van der Waals surface area (Å²) >= 11 is 0. The van der Waals surface area contributed by atoms with Gasteiger partial charge in [-0.3, -0.25) is 9.36 Å². The summed E-state index contributed by atoms with van der Waals surface area (Å²) < 4.78 is 27.9. The van der Waals surface area contributed by atoms with Gasteiger partial charge in [0.1, 0.15) is 18.5 Å². The lowest BCUT2D eigenvalue weighted by Crippen LogP contribution is -2.50. The Morgan fingerprint density at radius 2 is 1.83 bits per heavy atom. The molecule has 2 saturated carbocycles. The van der Waals surface area contributed by atoms with Gasteiger partial charge in [-0.2, -0.15) is 4.98 Å². The van der Waals surface area contributed by atoms with Crippen LogP contribution in [0.15, 0.2) is 41.2 Å². The zero-order valence-electron chi connectivity index (χ0n) is 16.5. The van der Waals surface area contributed by atoms with Crippen LogP contribution in [0.1, 0.15) is 44.2 Å². The second kappa shape index (κ2) is 7.81. The van der Waals surface area contributed by atoms with Crippen molar-refractivity contribution < 1.29 is 13.9 Å². The van der Waals surface area contributed by atoms with E-state index in [1.54, 1.807) is 4.57 Å². The molecule has 0 spiro atoms. The molecule has 0 N–H and O–H groups in total. The van der Waals surface area contributed by atoms with E-state index in [1.807, 2.05) is 30.3 Å². The number of ether oxygens (including phenoxy) is 2. The molecule has 2 aliphatic carbocycles. The molecule has 0 radical (unpaired) electrons. The van der Waals surface area contributed by atoms with Crippen LogP contribution in [-0.4, -0.2) is 21.8 Å². The summed E-state index contributed by atoms with van der Waals surface area (Å²) in [6, 6.07) is 11.3. The number of alkyl halides is 1. The van der Waals surface area contributed by atoms with E-state index >= 15 is 0 Å². The Hall–Kier alpha value is -2.37. The summed E-state index contributed by atoms with van der Waals surface area (Å²) in [5.74, 6) is 2.52. The molecular weight excluding hydrogens is 371 g/mol. The molecule has 2 bridgehead atoms. The smallest absolute Gasteiger partial charge is 0.300 e. The molecule has 5 rings (SSSR count). The molecular formula is C23H27FN2O3. The zero-order chi connectivity index (χ0) is 19.8. The van der Waals surface area contributed by atoms with Crippen molar-refractivity contribution in [3.05, 3.63) is 52.4 Å². The van der Waals surface area contributed by atoms with E-state index in [-0.39, 0.29) is 18.2 Å². The van der Waals surface area contributed by atoms with Crippen LogP contribution in [0.3, 0.4) is 0 Å². The van der Waals surface area contributed by atoms with Crippen LogP contribution >= 0.6 is 0 Å². The molecule has 1 aromatic heterocycles. The maximum atomic E-state index is 13.5. The lowest BCUT2D eigenvalue weighted by molar-refractivity contribution is -0.0534. The highest BCUT2D eigenvalue weighted by atomic mass is 19.1. The van der Waals surface area contributed by atoms with Crippen molar-refractivity contribution in [1.29, 1.82) is 0 Å². The second-order valence-corrected chi connectivity index (χ2v) is 8.62. The van der Waals surface area contributed by atoms with Crippen LogP contribution in [0.4, 0.5) is 4.39 Å². The molecule has 29 heavy (non-hydrogen) atoms. The van der Waals surface area contributed by atoms with Gasteiger partial charge in [0, 0.05) is 12.0 Å². The van der Waals surface area contributed by atoms with Gasteiger partial charge >= 0.3 is 6.01 Å². The van der Waals surface area contributed by atoms with Crippen LogP contribution in [0.5, 0.6) is 11.8 Å². The predicted molar refractivity (Wildman–Crippen MR) is 107 cm³/mol. The second-order valence-electron chi connectivity index (χ2n) is 8.62. The van der Waals surface area contributed by atoms with Gasteiger partial charge < -0.3 is 9.47 Å². The Bertz CT molecular complexity index is 894. The van der Waals surface area contributed by atoms with Crippen LogP contribution in [0.25, 0.3) is 0 Å². The minimum Gasteiger partial charge on any atom is -0.486 e. The highest BCUT2D eigenvalue weighted by Crippen LogP contribution is 2.48. The maximum absolute atomic E-state index is 13.5. The normalized spacial score (nSPS) is 29.0. The first-order chi connectivity index (χ1) is 14.2. The first kappa shape index (κ1) is 18.6. The number of aromatic nitrogens is 2. The van der Waals surface area contributed by atoms with Gasteiger partial charge in [-0.25, -0.2) is 4.39 Å². The molecule has 2 fully saturated rings. The highest BCUT2D eigenvalue weighted by Gasteiger charge is 2.47. The Morgan fingerprint density at radius 3 is 2.48 bits per heavy atom. The molecule has 1 aromatic carbocycles. The van der Waals surface area contributed by atoms with E-state index in [9.17, 15) is 9.18 Å². The van der Waals surface area contributed by atoms with E-state index in [0.717, 1.165) is 5.75 Å². The van der Waals surface area contributed by atoms with Crippen molar-refractivity contribution in [1.82, 2.24) is 9.55 Å². The Kier molecular flexibility index (Phi) is 5.02.